The number of carbonyl (C=O) groups excluding carboxylic acids is 1. The predicted octanol–water partition coefficient (Wildman–Crippen LogP) is 1.95. The van der Waals surface area contributed by atoms with Crippen molar-refractivity contribution in [1.29, 1.82) is 0 Å². The molecule has 1 aliphatic rings. The van der Waals surface area contributed by atoms with Gasteiger partial charge in [-0.05, 0) is 18.2 Å². The van der Waals surface area contributed by atoms with Crippen LogP contribution in [0.3, 0.4) is 0 Å². The Morgan fingerprint density at radius 3 is 2.67 bits per heavy atom. The van der Waals surface area contributed by atoms with Crippen molar-refractivity contribution in [3.8, 4) is 22.8 Å². The highest BCUT2D eigenvalue weighted by Gasteiger charge is 2.10. The van der Waals surface area contributed by atoms with Crippen molar-refractivity contribution in [1.82, 2.24) is 4.98 Å². The molecule has 4 rings (SSSR count). The van der Waals surface area contributed by atoms with Crippen molar-refractivity contribution in [2.45, 2.75) is 0 Å². The summed E-state index contributed by atoms with van der Waals surface area (Å²) in [5, 5.41) is 1.50. The smallest absolute Gasteiger partial charge is 0.270 e. The number of hydrogen-bond acceptors (Lipinski definition) is 3. The number of hydrogen-bond donors (Lipinski definition) is 0. The number of amides is 1. The minimum Gasteiger partial charge on any atom is -0.436 e. The van der Waals surface area contributed by atoms with Crippen molar-refractivity contribution >= 4 is 12.0 Å². The van der Waals surface area contributed by atoms with Gasteiger partial charge < -0.3 is 4.42 Å². The van der Waals surface area contributed by atoms with Crippen LogP contribution in [0.5, 0.6) is 0 Å². The molecule has 4 heteroatoms. The first-order valence-electron chi connectivity index (χ1n) is 6.56. The molecule has 1 aromatic heterocycles. The van der Waals surface area contributed by atoms with Gasteiger partial charge in [0.05, 0.1) is 11.6 Å². The largest absolute Gasteiger partial charge is 0.436 e. The Labute approximate surface area is 120 Å². The molecule has 0 fully saturated rings. The second-order valence-electron chi connectivity index (χ2n) is 4.76. The molecular weight excluding hydrogens is 264 g/mol. The second-order valence-corrected chi connectivity index (χ2v) is 4.76. The highest BCUT2D eigenvalue weighted by Crippen LogP contribution is 2.24. The zero-order chi connectivity index (χ0) is 14.2. The lowest BCUT2D eigenvalue weighted by Crippen LogP contribution is -2.20. The summed E-state index contributed by atoms with van der Waals surface area (Å²) in [5.41, 5.74) is 1.81. The number of oxazole rings is 1. The Bertz CT molecular complexity index is 956. The van der Waals surface area contributed by atoms with E-state index in [9.17, 15) is 4.79 Å². The number of fused-ring (bicyclic) bond motifs is 1. The van der Waals surface area contributed by atoms with Gasteiger partial charge in [-0.2, -0.15) is 0 Å². The van der Waals surface area contributed by atoms with Gasteiger partial charge in [-0.25, -0.2) is 9.98 Å². The van der Waals surface area contributed by atoms with Crippen LogP contribution in [0.1, 0.15) is 0 Å². The maximum atomic E-state index is 11.3. The quantitative estimate of drug-likeness (QED) is 0.717. The third kappa shape index (κ3) is 2.07. The summed E-state index contributed by atoms with van der Waals surface area (Å²) in [5.74, 6) is 1.03. The Kier molecular flexibility index (Phi) is 2.54. The van der Waals surface area contributed by atoms with Crippen LogP contribution in [0.25, 0.3) is 28.9 Å². The number of benzene rings is 2. The molecule has 0 bridgehead atoms. The lowest BCUT2D eigenvalue weighted by Gasteiger charge is -1.96. The molecule has 0 aliphatic carbocycles. The molecule has 3 aromatic rings. The van der Waals surface area contributed by atoms with E-state index in [1.165, 1.54) is 6.08 Å². The maximum Gasteiger partial charge on any atom is 0.270 e. The topological polar surface area (TPSA) is 55.5 Å². The van der Waals surface area contributed by atoms with Crippen molar-refractivity contribution in [3.63, 3.8) is 0 Å². The Hall–Kier alpha value is -3.01. The highest BCUT2D eigenvalue weighted by molar-refractivity contribution is 6.06. The van der Waals surface area contributed by atoms with Crippen LogP contribution >= 0.6 is 0 Å². The molecule has 0 unspecified atom stereocenters. The van der Waals surface area contributed by atoms with Gasteiger partial charge in [0.15, 0.2) is 5.76 Å². The number of aromatic nitrogens is 1. The normalized spacial score (nSPS) is 12.7. The SMILES string of the molecule is O=C1C=c2cc(-c3ncc(-c4ccccc4)o3)ccc2=N1. The van der Waals surface area contributed by atoms with E-state index in [4.69, 9.17) is 4.42 Å². The molecule has 1 aliphatic heterocycles. The summed E-state index contributed by atoms with van der Waals surface area (Å²) in [6.07, 6.45) is 3.22. The van der Waals surface area contributed by atoms with Gasteiger partial charge in [0, 0.05) is 22.4 Å². The van der Waals surface area contributed by atoms with Crippen LogP contribution in [-0.2, 0) is 4.79 Å². The first-order chi connectivity index (χ1) is 10.3. The van der Waals surface area contributed by atoms with E-state index in [0.717, 1.165) is 22.1 Å². The Balaban J connectivity index is 1.78. The Morgan fingerprint density at radius 1 is 0.952 bits per heavy atom. The zero-order valence-corrected chi connectivity index (χ0v) is 11.0. The summed E-state index contributed by atoms with van der Waals surface area (Å²) in [6, 6.07) is 15.3. The number of nitrogens with zero attached hydrogens (tertiary/aromatic N) is 2. The van der Waals surface area contributed by atoms with Gasteiger partial charge >= 0.3 is 0 Å². The Morgan fingerprint density at radius 2 is 1.81 bits per heavy atom. The van der Waals surface area contributed by atoms with E-state index in [1.54, 1.807) is 12.3 Å². The summed E-state index contributed by atoms with van der Waals surface area (Å²) in [4.78, 5) is 19.5. The zero-order valence-electron chi connectivity index (χ0n) is 11.0. The maximum absolute atomic E-state index is 11.3. The molecule has 2 aromatic carbocycles. The van der Waals surface area contributed by atoms with E-state index in [1.807, 2.05) is 42.5 Å². The first kappa shape index (κ1) is 11.8. The first-order valence-corrected chi connectivity index (χ1v) is 6.56. The van der Waals surface area contributed by atoms with Crippen molar-refractivity contribution in [3.05, 3.63) is 65.3 Å². The van der Waals surface area contributed by atoms with Crippen LogP contribution in [0.4, 0.5) is 0 Å². The third-order valence-corrected chi connectivity index (χ3v) is 3.35. The van der Waals surface area contributed by atoms with Crippen molar-refractivity contribution < 1.29 is 9.21 Å². The minimum atomic E-state index is -0.223. The van der Waals surface area contributed by atoms with Crippen molar-refractivity contribution in [2.24, 2.45) is 4.99 Å². The molecule has 0 atom stereocenters. The van der Waals surface area contributed by atoms with Crippen LogP contribution < -0.4 is 10.6 Å². The van der Waals surface area contributed by atoms with E-state index < -0.39 is 0 Å². The average Bonchev–Trinajstić information content (AvgIpc) is 3.12. The summed E-state index contributed by atoms with van der Waals surface area (Å²) in [6.45, 7) is 0. The van der Waals surface area contributed by atoms with Crippen molar-refractivity contribution in [2.75, 3.05) is 0 Å². The fourth-order valence-electron chi connectivity index (χ4n) is 2.33. The fourth-order valence-corrected chi connectivity index (χ4v) is 2.33. The molecule has 0 saturated heterocycles. The summed E-state index contributed by atoms with van der Waals surface area (Å²) in [7, 11) is 0. The van der Waals surface area contributed by atoms with E-state index in [2.05, 4.69) is 9.98 Å². The van der Waals surface area contributed by atoms with Gasteiger partial charge in [0.2, 0.25) is 5.89 Å². The van der Waals surface area contributed by atoms with Crippen LogP contribution in [-0.4, -0.2) is 10.9 Å². The molecule has 0 radical (unpaired) electrons. The lowest BCUT2D eigenvalue weighted by molar-refractivity contribution is -0.112. The third-order valence-electron chi connectivity index (χ3n) is 3.35. The molecule has 4 nitrogen and oxygen atoms in total. The van der Waals surface area contributed by atoms with E-state index in [-0.39, 0.29) is 5.91 Å². The second kappa shape index (κ2) is 4.52. The van der Waals surface area contributed by atoms with Crippen LogP contribution in [0.2, 0.25) is 0 Å². The lowest BCUT2D eigenvalue weighted by atomic mass is 10.2. The van der Waals surface area contributed by atoms with Gasteiger partial charge in [-0.3, -0.25) is 4.79 Å². The predicted molar refractivity (Wildman–Crippen MR) is 77.6 cm³/mol. The molecule has 21 heavy (non-hydrogen) atoms. The standard InChI is InChI=1S/C17H10N2O2/c20-16-9-13-8-12(6-7-14(13)19-16)17-18-10-15(21-17)11-4-2-1-3-5-11/h1-10H. The van der Waals surface area contributed by atoms with Crippen LogP contribution in [0, 0.1) is 0 Å². The van der Waals surface area contributed by atoms with Gasteiger partial charge in [0.25, 0.3) is 5.91 Å². The minimum absolute atomic E-state index is 0.223. The van der Waals surface area contributed by atoms with Gasteiger partial charge in [0.1, 0.15) is 0 Å². The summed E-state index contributed by atoms with van der Waals surface area (Å²) >= 11 is 0. The van der Waals surface area contributed by atoms with E-state index in [0.29, 0.717) is 11.2 Å². The van der Waals surface area contributed by atoms with Gasteiger partial charge in [-0.1, -0.05) is 30.3 Å². The fraction of sp³-hybridized carbons (Fsp3) is 0. The highest BCUT2D eigenvalue weighted by atomic mass is 16.4. The van der Waals surface area contributed by atoms with E-state index >= 15 is 0 Å². The molecule has 0 spiro atoms. The molecule has 100 valence electrons. The van der Waals surface area contributed by atoms with Gasteiger partial charge in [-0.15, -0.1) is 0 Å². The monoisotopic (exact) mass is 274 g/mol. The number of rotatable bonds is 2. The molecule has 0 saturated carbocycles. The molecule has 2 heterocycles. The van der Waals surface area contributed by atoms with Crippen LogP contribution in [0.15, 0.2) is 64.1 Å². The molecular formula is C17H10N2O2. The molecule has 0 N–H and O–H groups in total. The number of carbonyl (C=O) groups is 1. The average molecular weight is 274 g/mol. The molecule has 1 amide bonds. The summed E-state index contributed by atoms with van der Waals surface area (Å²) < 4.78 is 5.80.